The van der Waals surface area contributed by atoms with Crippen molar-refractivity contribution in [3.05, 3.63) is 29.8 Å². The molecule has 5 nitrogen and oxygen atoms in total. The van der Waals surface area contributed by atoms with Crippen LogP contribution in [-0.2, 0) is 9.53 Å². The number of nitrogens with one attached hydrogen (secondary N) is 1. The molecule has 0 fully saturated rings. The largest absolute Gasteiger partial charge is 0.492 e. The van der Waals surface area contributed by atoms with Gasteiger partial charge in [-0.25, -0.2) is 0 Å². The molecule has 100 valence electrons. The monoisotopic (exact) mass is 253 g/mol. The van der Waals surface area contributed by atoms with E-state index in [1.165, 1.54) is 7.11 Å². The van der Waals surface area contributed by atoms with Gasteiger partial charge in [0.2, 0.25) is 0 Å². The predicted octanol–water partition coefficient (Wildman–Crippen LogP) is 1.06. The van der Waals surface area contributed by atoms with E-state index in [1.54, 1.807) is 0 Å². The number of hydrogen-bond donors (Lipinski definition) is 2. The SMILES string of the molecule is COCC(NCCOc1cccc(C)c1)C(=O)O. The number of rotatable bonds is 8. The van der Waals surface area contributed by atoms with E-state index in [1.807, 2.05) is 31.2 Å². The fourth-order valence-corrected chi connectivity index (χ4v) is 1.49. The Morgan fingerprint density at radius 2 is 2.28 bits per heavy atom. The second kappa shape index (κ2) is 7.68. The quantitative estimate of drug-likeness (QED) is 0.678. The van der Waals surface area contributed by atoms with Gasteiger partial charge in [-0.3, -0.25) is 10.1 Å². The van der Waals surface area contributed by atoms with Crippen molar-refractivity contribution in [1.82, 2.24) is 5.32 Å². The highest BCUT2D eigenvalue weighted by Gasteiger charge is 2.15. The first-order chi connectivity index (χ1) is 8.63. The summed E-state index contributed by atoms with van der Waals surface area (Å²) in [5.74, 6) is -0.136. The number of carboxylic acid groups (broad SMARTS) is 1. The Labute approximate surface area is 107 Å². The number of carboxylic acids is 1. The van der Waals surface area contributed by atoms with E-state index in [4.69, 9.17) is 14.6 Å². The minimum atomic E-state index is -0.924. The van der Waals surface area contributed by atoms with Crippen molar-refractivity contribution in [2.24, 2.45) is 0 Å². The Hall–Kier alpha value is -1.59. The second-order valence-corrected chi connectivity index (χ2v) is 3.97. The van der Waals surface area contributed by atoms with Crippen LogP contribution in [0, 0.1) is 6.92 Å². The lowest BCUT2D eigenvalue weighted by atomic mass is 10.2. The van der Waals surface area contributed by atoms with Crippen LogP contribution in [0.5, 0.6) is 5.75 Å². The third-order valence-corrected chi connectivity index (χ3v) is 2.38. The zero-order valence-electron chi connectivity index (χ0n) is 10.7. The smallest absolute Gasteiger partial charge is 0.323 e. The molecule has 1 aromatic rings. The highest BCUT2D eigenvalue weighted by molar-refractivity contribution is 5.73. The van der Waals surface area contributed by atoms with Gasteiger partial charge in [-0.15, -0.1) is 0 Å². The Balaban J connectivity index is 2.27. The van der Waals surface area contributed by atoms with Crippen LogP contribution in [0.2, 0.25) is 0 Å². The maximum Gasteiger partial charge on any atom is 0.323 e. The number of aliphatic carboxylic acids is 1. The van der Waals surface area contributed by atoms with E-state index >= 15 is 0 Å². The van der Waals surface area contributed by atoms with Gasteiger partial charge in [-0.05, 0) is 24.6 Å². The van der Waals surface area contributed by atoms with E-state index in [9.17, 15) is 4.79 Å². The van der Waals surface area contributed by atoms with Crippen molar-refractivity contribution in [2.75, 3.05) is 26.9 Å². The van der Waals surface area contributed by atoms with E-state index in [2.05, 4.69) is 5.32 Å². The van der Waals surface area contributed by atoms with Gasteiger partial charge in [-0.1, -0.05) is 12.1 Å². The van der Waals surface area contributed by atoms with Crippen LogP contribution in [0.15, 0.2) is 24.3 Å². The van der Waals surface area contributed by atoms with E-state index < -0.39 is 12.0 Å². The van der Waals surface area contributed by atoms with Crippen LogP contribution in [0.4, 0.5) is 0 Å². The van der Waals surface area contributed by atoms with Gasteiger partial charge in [0.05, 0.1) is 6.61 Å². The highest BCUT2D eigenvalue weighted by atomic mass is 16.5. The van der Waals surface area contributed by atoms with Crippen LogP contribution < -0.4 is 10.1 Å². The first-order valence-electron chi connectivity index (χ1n) is 5.78. The van der Waals surface area contributed by atoms with Crippen LogP contribution >= 0.6 is 0 Å². The molecule has 0 radical (unpaired) electrons. The summed E-state index contributed by atoms with van der Waals surface area (Å²) in [6.45, 7) is 3.00. The van der Waals surface area contributed by atoms with Gasteiger partial charge in [0.1, 0.15) is 18.4 Å². The van der Waals surface area contributed by atoms with E-state index in [0.717, 1.165) is 11.3 Å². The Kier molecular flexibility index (Phi) is 6.18. The third-order valence-electron chi connectivity index (χ3n) is 2.38. The fourth-order valence-electron chi connectivity index (χ4n) is 1.49. The van der Waals surface area contributed by atoms with E-state index in [-0.39, 0.29) is 6.61 Å². The van der Waals surface area contributed by atoms with Crippen LogP contribution in [0.1, 0.15) is 5.56 Å². The molecule has 0 aliphatic heterocycles. The number of benzene rings is 1. The molecule has 0 amide bonds. The number of carbonyl (C=O) groups is 1. The van der Waals surface area contributed by atoms with Crippen LogP contribution in [-0.4, -0.2) is 44.0 Å². The topological polar surface area (TPSA) is 67.8 Å². The summed E-state index contributed by atoms with van der Waals surface area (Å²) in [5.41, 5.74) is 1.13. The first-order valence-corrected chi connectivity index (χ1v) is 5.78. The second-order valence-electron chi connectivity index (χ2n) is 3.97. The maximum absolute atomic E-state index is 10.8. The van der Waals surface area contributed by atoms with Crippen molar-refractivity contribution in [1.29, 1.82) is 0 Å². The molecule has 5 heteroatoms. The molecule has 1 aromatic carbocycles. The molecule has 0 aliphatic carbocycles. The molecule has 1 unspecified atom stereocenters. The Morgan fingerprint density at radius 1 is 1.50 bits per heavy atom. The summed E-state index contributed by atoms with van der Waals surface area (Å²) in [6, 6.07) is 7.02. The molecule has 2 N–H and O–H groups in total. The first kappa shape index (κ1) is 14.5. The third kappa shape index (κ3) is 5.16. The lowest BCUT2D eigenvalue weighted by molar-refractivity contribution is -0.140. The average Bonchev–Trinajstić information content (AvgIpc) is 2.33. The minimum Gasteiger partial charge on any atom is -0.492 e. The zero-order valence-corrected chi connectivity index (χ0v) is 10.7. The molecule has 0 bridgehead atoms. The Morgan fingerprint density at radius 3 is 2.89 bits per heavy atom. The number of aryl methyl sites for hydroxylation is 1. The Bertz CT molecular complexity index is 381. The molecule has 0 spiro atoms. The molecule has 1 rings (SSSR count). The zero-order chi connectivity index (χ0) is 13.4. The van der Waals surface area contributed by atoms with Gasteiger partial charge in [0, 0.05) is 13.7 Å². The summed E-state index contributed by atoms with van der Waals surface area (Å²) in [6.07, 6.45) is 0. The number of hydrogen-bond acceptors (Lipinski definition) is 4. The summed E-state index contributed by atoms with van der Waals surface area (Å²) in [5, 5.41) is 11.7. The van der Waals surface area contributed by atoms with Crippen LogP contribution in [0.25, 0.3) is 0 Å². The summed E-state index contributed by atoms with van der Waals surface area (Å²) in [4.78, 5) is 10.8. The van der Waals surface area contributed by atoms with Crippen molar-refractivity contribution in [3.63, 3.8) is 0 Å². The van der Waals surface area contributed by atoms with Crippen molar-refractivity contribution in [3.8, 4) is 5.75 Å². The van der Waals surface area contributed by atoms with Gasteiger partial charge in [0.15, 0.2) is 0 Å². The normalized spacial score (nSPS) is 12.1. The van der Waals surface area contributed by atoms with Gasteiger partial charge < -0.3 is 14.6 Å². The van der Waals surface area contributed by atoms with Gasteiger partial charge in [0.25, 0.3) is 0 Å². The fraction of sp³-hybridized carbons (Fsp3) is 0.462. The predicted molar refractivity (Wildman–Crippen MR) is 68.0 cm³/mol. The molecule has 0 aromatic heterocycles. The number of ether oxygens (including phenoxy) is 2. The highest BCUT2D eigenvalue weighted by Crippen LogP contribution is 2.11. The molecular formula is C13H19NO4. The molecule has 1 atom stereocenters. The van der Waals surface area contributed by atoms with Crippen LogP contribution in [0.3, 0.4) is 0 Å². The molecule has 0 heterocycles. The summed E-state index contributed by atoms with van der Waals surface area (Å²) in [7, 11) is 1.47. The summed E-state index contributed by atoms with van der Waals surface area (Å²) >= 11 is 0. The van der Waals surface area contributed by atoms with Gasteiger partial charge >= 0.3 is 5.97 Å². The number of methoxy groups -OCH3 is 1. The van der Waals surface area contributed by atoms with Crippen molar-refractivity contribution >= 4 is 5.97 Å². The summed E-state index contributed by atoms with van der Waals surface area (Å²) < 4.78 is 10.3. The standard InChI is InChI=1S/C13H19NO4/c1-10-4-3-5-11(8-10)18-7-6-14-12(9-17-2)13(15)16/h3-5,8,12,14H,6-7,9H2,1-2H3,(H,15,16). The van der Waals surface area contributed by atoms with Crippen molar-refractivity contribution in [2.45, 2.75) is 13.0 Å². The molecule has 0 saturated carbocycles. The lowest BCUT2D eigenvalue weighted by Gasteiger charge is -2.13. The van der Waals surface area contributed by atoms with Crippen molar-refractivity contribution < 1.29 is 19.4 Å². The van der Waals surface area contributed by atoms with E-state index in [0.29, 0.717) is 13.2 Å². The maximum atomic E-state index is 10.8. The molecule has 18 heavy (non-hydrogen) atoms. The lowest BCUT2D eigenvalue weighted by Crippen LogP contribution is -2.42. The minimum absolute atomic E-state index is 0.139. The molecule has 0 saturated heterocycles. The molecular weight excluding hydrogens is 234 g/mol. The molecule has 0 aliphatic rings. The van der Waals surface area contributed by atoms with Gasteiger partial charge in [-0.2, -0.15) is 0 Å². The average molecular weight is 253 g/mol.